The fourth-order valence-corrected chi connectivity index (χ4v) is 4.58. The lowest BCUT2D eigenvalue weighted by Gasteiger charge is -2.16. The van der Waals surface area contributed by atoms with Crippen molar-refractivity contribution in [1.82, 2.24) is 0 Å². The predicted molar refractivity (Wildman–Crippen MR) is 125 cm³/mol. The van der Waals surface area contributed by atoms with Gasteiger partial charge in [-0.1, -0.05) is 36.4 Å². The van der Waals surface area contributed by atoms with E-state index in [4.69, 9.17) is 9.47 Å². The number of rotatable bonds is 5. The highest BCUT2D eigenvalue weighted by molar-refractivity contribution is 7.92. The highest BCUT2D eigenvalue weighted by Crippen LogP contribution is 2.40. The van der Waals surface area contributed by atoms with E-state index in [1.807, 2.05) is 30.3 Å². The van der Waals surface area contributed by atoms with Crippen molar-refractivity contribution in [2.24, 2.45) is 0 Å². The summed E-state index contributed by atoms with van der Waals surface area (Å²) in [7, 11) is -0.0649. The van der Waals surface area contributed by atoms with Crippen LogP contribution in [0, 0.1) is 0 Å². The Hall–Kier alpha value is -3.25. The summed E-state index contributed by atoms with van der Waals surface area (Å²) >= 11 is 0. The van der Waals surface area contributed by atoms with Crippen molar-refractivity contribution in [2.45, 2.75) is 12.8 Å². The minimum absolute atomic E-state index is 0.534. The molecule has 0 aliphatic heterocycles. The number of sulfonamides is 1. The summed E-state index contributed by atoms with van der Waals surface area (Å²) in [5.74, 6) is 1.39. The smallest absolute Gasteiger partial charge is 0.229 e. The van der Waals surface area contributed by atoms with Crippen LogP contribution in [0.3, 0.4) is 0 Å². The molecule has 0 saturated carbocycles. The zero-order valence-electron chi connectivity index (χ0n) is 17.8. The summed E-state index contributed by atoms with van der Waals surface area (Å²) in [5.41, 5.74) is 7.21. The first-order valence-electron chi connectivity index (χ1n) is 10.0. The van der Waals surface area contributed by atoms with Crippen molar-refractivity contribution >= 4 is 27.4 Å². The van der Waals surface area contributed by atoms with Crippen LogP contribution < -0.4 is 14.2 Å². The molecule has 1 N–H and O–H groups in total. The number of aryl methyl sites for hydroxylation is 2. The SMILES string of the molecule is COc1cc2c(cc1OC)/C(=C/c1cccc(NS(C)(=O)=O)c1)c1ccccc1CC2. The second-order valence-electron chi connectivity index (χ2n) is 7.58. The molecule has 0 bridgehead atoms. The third-order valence-corrected chi connectivity index (χ3v) is 5.98. The maximum atomic E-state index is 11.7. The molecule has 1 aliphatic carbocycles. The van der Waals surface area contributed by atoms with Crippen LogP contribution in [0.4, 0.5) is 5.69 Å². The van der Waals surface area contributed by atoms with Crippen molar-refractivity contribution in [1.29, 1.82) is 0 Å². The Bertz CT molecular complexity index is 1260. The molecule has 0 saturated heterocycles. The molecule has 3 aromatic carbocycles. The third kappa shape index (κ3) is 4.59. The molecule has 0 fully saturated rings. The van der Waals surface area contributed by atoms with Crippen LogP contribution in [0.2, 0.25) is 0 Å². The molecule has 0 amide bonds. The Morgan fingerprint density at radius 3 is 2.29 bits per heavy atom. The van der Waals surface area contributed by atoms with Gasteiger partial charge in [-0.25, -0.2) is 8.42 Å². The molecular formula is C25H25NO4S. The number of ether oxygens (including phenoxy) is 2. The predicted octanol–water partition coefficient (Wildman–Crippen LogP) is 4.76. The van der Waals surface area contributed by atoms with Gasteiger partial charge in [-0.05, 0) is 76.6 Å². The van der Waals surface area contributed by atoms with Crippen molar-refractivity contribution in [3.63, 3.8) is 0 Å². The Kier molecular flexibility index (Phi) is 5.74. The van der Waals surface area contributed by atoms with Gasteiger partial charge < -0.3 is 9.47 Å². The first kappa shape index (κ1) is 21.0. The largest absolute Gasteiger partial charge is 0.493 e. The molecule has 0 heterocycles. The minimum Gasteiger partial charge on any atom is -0.493 e. The summed E-state index contributed by atoms with van der Waals surface area (Å²) in [6.45, 7) is 0. The Balaban J connectivity index is 1.92. The molecule has 4 rings (SSSR count). The van der Waals surface area contributed by atoms with E-state index in [0.29, 0.717) is 17.2 Å². The first-order chi connectivity index (χ1) is 14.9. The van der Waals surface area contributed by atoms with Crippen LogP contribution in [0.5, 0.6) is 11.5 Å². The summed E-state index contributed by atoms with van der Waals surface area (Å²) in [4.78, 5) is 0. The highest BCUT2D eigenvalue weighted by Gasteiger charge is 2.21. The normalized spacial score (nSPS) is 14.4. The van der Waals surface area contributed by atoms with Gasteiger partial charge in [0.1, 0.15) is 0 Å². The quantitative estimate of drug-likeness (QED) is 0.627. The number of hydrogen-bond donors (Lipinski definition) is 1. The van der Waals surface area contributed by atoms with Gasteiger partial charge in [0, 0.05) is 5.69 Å². The van der Waals surface area contributed by atoms with Crippen LogP contribution in [-0.2, 0) is 22.9 Å². The van der Waals surface area contributed by atoms with Gasteiger partial charge in [0.15, 0.2) is 11.5 Å². The van der Waals surface area contributed by atoms with E-state index in [1.165, 1.54) is 11.1 Å². The summed E-state index contributed by atoms with van der Waals surface area (Å²) in [6, 6.07) is 19.9. The molecule has 6 heteroatoms. The second kappa shape index (κ2) is 8.47. The van der Waals surface area contributed by atoms with E-state index >= 15 is 0 Å². The molecule has 0 atom stereocenters. The lowest BCUT2D eigenvalue weighted by molar-refractivity contribution is 0.354. The van der Waals surface area contributed by atoms with E-state index in [1.54, 1.807) is 20.3 Å². The van der Waals surface area contributed by atoms with Gasteiger partial charge in [0.2, 0.25) is 10.0 Å². The number of anilines is 1. The Labute approximate surface area is 183 Å². The van der Waals surface area contributed by atoms with Gasteiger partial charge in [0.05, 0.1) is 20.5 Å². The molecule has 0 aromatic heterocycles. The van der Waals surface area contributed by atoms with Crippen molar-refractivity contribution in [2.75, 3.05) is 25.2 Å². The number of nitrogens with one attached hydrogen (secondary N) is 1. The molecule has 3 aromatic rings. The molecular weight excluding hydrogens is 410 g/mol. The highest BCUT2D eigenvalue weighted by atomic mass is 32.2. The average molecular weight is 436 g/mol. The Morgan fingerprint density at radius 2 is 1.55 bits per heavy atom. The summed E-state index contributed by atoms with van der Waals surface area (Å²) < 4.78 is 37.0. The van der Waals surface area contributed by atoms with E-state index in [2.05, 4.69) is 35.1 Å². The van der Waals surface area contributed by atoms with Crippen LogP contribution in [0.25, 0.3) is 11.6 Å². The van der Waals surface area contributed by atoms with E-state index in [9.17, 15) is 8.42 Å². The van der Waals surface area contributed by atoms with Crippen molar-refractivity contribution in [3.05, 3.63) is 88.5 Å². The maximum absolute atomic E-state index is 11.7. The second-order valence-corrected chi connectivity index (χ2v) is 9.33. The third-order valence-electron chi connectivity index (χ3n) is 5.37. The number of benzene rings is 3. The molecule has 31 heavy (non-hydrogen) atoms. The Morgan fingerprint density at radius 1 is 0.839 bits per heavy atom. The number of fused-ring (bicyclic) bond motifs is 2. The van der Waals surface area contributed by atoms with E-state index in [0.717, 1.165) is 41.4 Å². The monoisotopic (exact) mass is 435 g/mol. The van der Waals surface area contributed by atoms with Crippen LogP contribution in [-0.4, -0.2) is 28.9 Å². The van der Waals surface area contributed by atoms with Crippen LogP contribution in [0.1, 0.15) is 27.8 Å². The summed E-state index contributed by atoms with van der Waals surface area (Å²) in [6.07, 6.45) is 5.06. The fourth-order valence-electron chi connectivity index (χ4n) is 4.02. The maximum Gasteiger partial charge on any atom is 0.229 e. The number of methoxy groups -OCH3 is 2. The van der Waals surface area contributed by atoms with E-state index < -0.39 is 10.0 Å². The van der Waals surface area contributed by atoms with Gasteiger partial charge in [-0.2, -0.15) is 0 Å². The molecule has 0 unspecified atom stereocenters. The lowest BCUT2D eigenvalue weighted by atomic mass is 9.92. The van der Waals surface area contributed by atoms with Crippen molar-refractivity contribution < 1.29 is 17.9 Å². The lowest BCUT2D eigenvalue weighted by Crippen LogP contribution is -2.09. The fraction of sp³-hybridized carbons (Fsp3) is 0.200. The first-order valence-corrected chi connectivity index (χ1v) is 11.9. The van der Waals surface area contributed by atoms with Gasteiger partial charge in [-0.3, -0.25) is 4.72 Å². The van der Waals surface area contributed by atoms with Crippen molar-refractivity contribution in [3.8, 4) is 11.5 Å². The minimum atomic E-state index is -3.35. The zero-order chi connectivity index (χ0) is 22.0. The average Bonchev–Trinajstić information content (AvgIpc) is 2.89. The molecule has 5 nitrogen and oxygen atoms in total. The van der Waals surface area contributed by atoms with E-state index in [-0.39, 0.29) is 0 Å². The van der Waals surface area contributed by atoms with Gasteiger partial charge in [-0.15, -0.1) is 0 Å². The zero-order valence-corrected chi connectivity index (χ0v) is 18.6. The molecule has 1 aliphatic rings. The molecule has 0 spiro atoms. The standard InChI is InChI=1S/C25H25NO4S/c1-29-24-15-19-12-11-18-8-4-5-10-21(18)23(22(19)16-25(24)30-2)14-17-7-6-9-20(13-17)26-31(3,27)28/h4-10,13-16,26H,11-12H2,1-3H3/b23-14+. The summed E-state index contributed by atoms with van der Waals surface area (Å²) in [5, 5.41) is 0. The molecule has 0 radical (unpaired) electrons. The van der Waals surface area contributed by atoms with Gasteiger partial charge >= 0.3 is 0 Å². The van der Waals surface area contributed by atoms with Gasteiger partial charge in [0.25, 0.3) is 0 Å². The number of hydrogen-bond acceptors (Lipinski definition) is 4. The van der Waals surface area contributed by atoms with Crippen LogP contribution in [0.15, 0.2) is 60.7 Å². The topological polar surface area (TPSA) is 64.6 Å². The van der Waals surface area contributed by atoms with Crippen LogP contribution >= 0.6 is 0 Å². The molecule has 160 valence electrons.